The second kappa shape index (κ2) is 15.4. The highest BCUT2D eigenvalue weighted by atomic mass is 16.5. The molecule has 0 aliphatic carbocycles. The number of nitrogens with two attached hydrogens (primary N) is 1. The molecule has 0 aliphatic heterocycles. The van der Waals surface area contributed by atoms with Crippen molar-refractivity contribution in [3.05, 3.63) is 65.7 Å². The van der Waals surface area contributed by atoms with Crippen LogP contribution in [0.3, 0.4) is 0 Å². The van der Waals surface area contributed by atoms with Gasteiger partial charge in [0.1, 0.15) is 5.75 Å². The second-order valence-corrected chi connectivity index (χ2v) is 7.61. The van der Waals surface area contributed by atoms with Gasteiger partial charge < -0.3 is 35.9 Å². The van der Waals surface area contributed by atoms with Crippen LogP contribution in [0, 0.1) is 0 Å². The molecule has 0 saturated carbocycles. The molecule has 1 heterocycles. The third-order valence-electron chi connectivity index (χ3n) is 4.95. The highest BCUT2D eigenvalue weighted by molar-refractivity contribution is 5.42. The van der Waals surface area contributed by atoms with E-state index in [0.717, 1.165) is 17.7 Å². The average Bonchev–Trinajstić information content (AvgIpc) is 2.90. The van der Waals surface area contributed by atoms with Crippen molar-refractivity contribution in [1.82, 2.24) is 15.0 Å². The first-order valence-electron chi connectivity index (χ1n) is 11.8. The van der Waals surface area contributed by atoms with E-state index in [4.69, 9.17) is 19.9 Å². The maximum absolute atomic E-state index is 5.56. The first kappa shape index (κ1) is 26.1. The van der Waals surface area contributed by atoms with Crippen LogP contribution in [-0.4, -0.2) is 68.1 Å². The summed E-state index contributed by atoms with van der Waals surface area (Å²) >= 11 is 0. The monoisotopic (exact) mass is 481 g/mol. The maximum Gasteiger partial charge on any atom is 0.229 e. The molecule has 10 heteroatoms. The summed E-state index contributed by atoms with van der Waals surface area (Å²) in [6.07, 6.45) is 0.825. The van der Waals surface area contributed by atoms with Crippen molar-refractivity contribution in [3.63, 3.8) is 0 Å². The highest BCUT2D eigenvalue weighted by Crippen LogP contribution is 2.13. The lowest BCUT2D eigenvalue weighted by Crippen LogP contribution is -2.17. The Bertz CT molecular complexity index is 975. The molecule has 0 unspecified atom stereocenters. The van der Waals surface area contributed by atoms with Crippen molar-refractivity contribution >= 4 is 17.8 Å². The number of nitrogens with zero attached hydrogens (tertiary/aromatic N) is 3. The molecule has 2 aromatic carbocycles. The Hall–Kier alpha value is -3.47. The Morgan fingerprint density at radius 2 is 1.31 bits per heavy atom. The molecule has 0 aliphatic rings. The van der Waals surface area contributed by atoms with Gasteiger partial charge in [0.05, 0.1) is 33.5 Å². The molecule has 0 bridgehead atoms. The Balaban J connectivity index is 1.53. The third kappa shape index (κ3) is 10.1. The summed E-state index contributed by atoms with van der Waals surface area (Å²) < 4.78 is 16.1. The van der Waals surface area contributed by atoms with E-state index in [9.17, 15) is 0 Å². The van der Waals surface area contributed by atoms with E-state index >= 15 is 0 Å². The fourth-order valence-corrected chi connectivity index (χ4v) is 3.14. The maximum atomic E-state index is 5.56. The van der Waals surface area contributed by atoms with Crippen molar-refractivity contribution in [2.45, 2.75) is 13.0 Å². The molecule has 0 fully saturated rings. The van der Waals surface area contributed by atoms with Gasteiger partial charge in [-0.2, -0.15) is 15.0 Å². The van der Waals surface area contributed by atoms with Crippen LogP contribution < -0.4 is 26.4 Å². The van der Waals surface area contributed by atoms with Crippen LogP contribution in [0.5, 0.6) is 5.75 Å². The van der Waals surface area contributed by atoms with Crippen LogP contribution in [0.4, 0.5) is 17.8 Å². The van der Waals surface area contributed by atoms with Gasteiger partial charge in [-0.3, -0.25) is 0 Å². The van der Waals surface area contributed by atoms with Crippen LogP contribution in [-0.2, 0) is 22.4 Å². The summed E-state index contributed by atoms with van der Waals surface area (Å²) in [4.78, 5) is 13.5. The highest BCUT2D eigenvalue weighted by Gasteiger charge is 2.07. The van der Waals surface area contributed by atoms with Crippen LogP contribution in [0.25, 0.3) is 0 Å². The Morgan fingerprint density at radius 1 is 0.686 bits per heavy atom. The van der Waals surface area contributed by atoms with Gasteiger partial charge in [0, 0.05) is 26.2 Å². The normalized spacial score (nSPS) is 10.7. The van der Waals surface area contributed by atoms with E-state index in [1.165, 1.54) is 5.56 Å². The molecular weight excluding hydrogens is 446 g/mol. The molecule has 188 valence electrons. The summed E-state index contributed by atoms with van der Waals surface area (Å²) in [7, 11) is 1.66. The molecule has 0 spiro atoms. The van der Waals surface area contributed by atoms with Crippen molar-refractivity contribution in [2.24, 2.45) is 5.73 Å². The molecule has 5 N–H and O–H groups in total. The standard InChI is InChI=1S/C25H35N7O3/c1-33-22-9-7-20(8-10-22)11-13-27-23-30-24(28-14-16-35-18-17-34-15-12-26)32-25(31-23)29-19-21-5-3-2-4-6-21/h2-10H,11-19,26H2,1H3,(H3,27,28,29,30,31,32). The predicted octanol–water partition coefficient (Wildman–Crippen LogP) is 2.55. The molecule has 0 radical (unpaired) electrons. The Labute approximate surface area is 206 Å². The summed E-state index contributed by atoms with van der Waals surface area (Å²) in [6, 6.07) is 18.1. The van der Waals surface area contributed by atoms with Crippen LogP contribution in [0.1, 0.15) is 11.1 Å². The van der Waals surface area contributed by atoms with Crippen LogP contribution in [0.2, 0.25) is 0 Å². The fourth-order valence-electron chi connectivity index (χ4n) is 3.14. The van der Waals surface area contributed by atoms with E-state index in [0.29, 0.717) is 70.5 Å². The molecule has 0 amide bonds. The number of methoxy groups -OCH3 is 1. The summed E-state index contributed by atoms with van der Waals surface area (Å²) in [5, 5.41) is 9.78. The number of hydrogen-bond acceptors (Lipinski definition) is 10. The number of anilines is 3. The van der Waals surface area contributed by atoms with Gasteiger partial charge in [-0.05, 0) is 29.7 Å². The molecular formula is C25H35N7O3. The molecule has 10 nitrogen and oxygen atoms in total. The first-order valence-corrected chi connectivity index (χ1v) is 11.8. The number of ether oxygens (including phenoxy) is 3. The SMILES string of the molecule is COc1ccc(CCNc2nc(NCCOCCOCCN)nc(NCc3ccccc3)n2)cc1. The zero-order valence-electron chi connectivity index (χ0n) is 20.2. The zero-order chi connectivity index (χ0) is 24.6. The number of benzene rings is 2. The molecule has 3 aromatic rings. The minimum Gasteiger partial charge on any atom is -0.497 e. The molecule has 1 aromatic heterocycles. The third-order valence-corrected chi connectivity index (χ3v) is 4.95. The van der Waals surface area contributed by atoms with Crippen molar-refractivity contribution in [1.29, 1.82) is 0 Å². The van der Waals surface area contributed by atoms with E-state index in [2.05, 4.69) is 55.2 Å². The van der Waals surface area contributed by atoms with Gasteiger partial charge in [0.2, 0.25) is 17.8 Å². The summed E-state index contributed by atoms with van der Waals surface area (Å²) in [5.74, 6) is 2.32. The zero-order valence-corrected chi connectivity index (χ0v) is 20.2. The lowest BCUT2D eigenvalue weighted by molar-refractivity contribution is 0.0547. The first-order chi connectivity index (χ1) is 17.3. The van der Waals surface area contributed by atoms with Crippen LogP contribution in [0.15, 0.2) is 54.6 Å². The minimum absolute atomic E-state index is 0.477. The molecule has 35 heavy (non-hydrogen) atoms. The predicted molar refractivity (Wildman–Crippen MR) is 138 cm³/mol. The topological polar surface area (TPSA) is 128 Å². The Morgan fingerprint density at radius 3 is 1.97 bits per heavy atom. The van der Waals surface area contributed by atoms with Gasteiger partial charge in [0.15, 0.2) is 0 Å². The molecule has 0 atom stereocenters. The number of rotatable bonds is 17. The fraction of sp³-hybridized carbons (Fsp3) is 0.400. The van der Waals surface area contributed by atoms with E-state index < -0.39 is 0 Å². The van der Waals surface area contributed by atoms with E-state index in [1.807, 2.05) is 30.3 Å². The second-order valence-electron chi connectivity index (χ2n) is 7.61. The van der Waals surface area contributed by atoms with Gasteiger partial charge in [-0.25, -0.2) is 0 Å². The summed E-state index contributed by atoms with van der Waals surface area (Å²) in [6.45, 7) is 4.45. The van der Waals surface area contributed by atoms with Gasteiger partial charge in [0.25, 0.3) is 0 Å². The smallest absolute Gasteiger partial charge is 0.229 e. The molecule has 3 rings (SSSR count). The Kier molecular flexibility index (Phi) is 11.5. The van der Waals surface area contributed by atoms with E-state index in [-0.39, 0.29) is 0 Å². The average molecular weight is 482 g/mol. The van der Waals surface area contributed by atoms with Crippen LogP contribution >= 0.6 is 0 Å². The van der Waals surface area contributed by atoms with Crippen molar-refractivity contribution < 1.29 is 14.2 Å². The summed E-state index contributed by atoms with van der Waals surface area (Å²) in [5.41, 5.74) is 7.73. The van der Waals surface area contributed by atoms with Crippen molar-refractivity contribution in [2.75, 3.05) is 69.1 Å². The molecule has 0 saturated heterocycles. The minimum atomic E-state index is 0.477. The van der Waals surface area contributed by atoms with E-state index in [1.54, 1.807) is 7.11 Å². The van der Waals surface area contributed by atoms with Gasteiger partial charge >= 0.3 is 0 Å². The van der Waals surface area contributed by atoms with Crippen molar-refractivity contribution in [3.8, 4) is 5.75 Å². The number of nitrogens with one attached hydrogen (secondary N) is 3. The lowest BCUT2D eigenvalue weighted by atomic mass is 10.1. The largest absolute Gasteiger partial charge is 0.497 e. The number of aromatic nitrogens is 3. The van der Waals surface area contributed by atoms with Gasteiger partial charge in [-0.15, -0.1) is 0 Å². The van der Waals surface area contributed by atoms with Gasteiger partial charge in [-0.1, -0.05) is 42.5 Å². The number of hydrogen-bond donors (Lipinski definition) is 4. The quantitative estimate of drug-likeness (QED) is 0.214. The lowest BCUT2D eigenvalue weighted by Gasteiger charge is -2.12.